The lowest BCUT2D eigenvalue weighted by molar-refractivity contribution is -0.131. The third-order valence-electron chi connectivity index (χ3n) is 2.10. The van der Waals surface area contributed by atoms with Gasteiger partial charge in [-0.3, -0.25) is 0 Å². The molecule has 5 heteroatoms. The molecule has 0 heterocycles. The number of rotatable bonds is 7. The summed E-state index contributed by atoms with van der Waals surface area (Å²) in [5.41, 5.74) is 0.627. The van der Waals surface area contributed by atoms with Gasteiger partial charge in [0.25, 0.3) is 0 Å². The molecule has 0 aliphatic heterocycles. The molecule has 0 spiro atoms. The van der Waals surface area contributed by atoms with E-state index in [1.54, 1.807) is 18.2 Å². The normalized spacial score (nSPS) is 10.4. The van der Waals surface area contributed by atoms with Crippen molar-refractivity contribution in [2.45, 2.75) is 6.92 Å². The van der Waals surface area contributed by atoms with Crippen LogP contribution < -0.4 is 9.47 Å². The van der Waals surface area contributed by atoms with Crippen LogP contribution in [0.4, 0.5) is 0 Å². The summed E-state index contributed by atoms with van der Waals surface area (Å²) < 4.78 is 10.9. The first-order valence-corrected chi connectivity index (χ1v) is 6.07. The van der Waals surface area contributed by atoms with Gasteiger partial charge in [0.15, 0.2) is 11.5 Å². The molecule has 0 bridgehead atoms. The predicted molar refractivity (Wildman–Crippen MR) is 75.0 cm³/mol. The monoisotopic (exact) mass is 282 g/mol. The summed E-state index contributed by atoms with van der Waals surface area (Å²) in [5, 5.41) is 8.96. The molecule has 0 fully saturated rings. The highest BCUT2D eigenvalue weighted by Gasteiger charge is 2.11. The van der Waals surface area contributed by atoms with E-state index in [0.717, 1.165) is 6.08 Å². The van der Waals surface area contributed by atoms with Crippen LogP contribution in [0.5, 0.6) is 11.5 Å². The Bertz CT molecular complexity index is 494. The second-order valence-corrected chi connectivity index (χ2v) is 3.94. The van der Waals surface area contributed by atoms with Gasteiger partial charge in [0.05, 0.1) is 11.6 Å². The molecule has 19 heavy (non-hydrogen) atoms. The van der Waals surface area contributed by atoms with Crippen LogP contribution in [0.3, 0.4) is 0 Å². The molecule has 1 aromatic rings. The van der Waals surface area contributed by atoms with Crippen LogP contribution in [0.15, 0.2) is 30.9 Å². The third kappa shape index (κ3) is 4.67. The second-order valence-electron chi connectivity index (χ2n) is 3.53. The number of hydrogen-bond acceptors (Lipinski definition) is 3. The molecule has 0 saturated carbocycles. The summed E-state index contributed by atoms with van der Waals surface area (Å²) in [6.07, 6.45) is 4.07. The fraction of sp³-hybridized carbons (Fsp3) is 0.214. The Hall–Kier alpha value is -1.94. The lowest BCUT2D eigenvalue weighted by Gasteiger charge is -2.13. The van der Waals surface area contributed by atoms with Crippen molar-refractivity contribution >= 4 is 23.6 Å². The molecule has 1 N–H and O–H groups in total. The number of ether oxygens (including phenoxy) is 2. The Morgan fingerprint density at radius 2 is 2.21 bits per heavy atom. The number of hydrogen-bond donors (Lipinski definition) is 1. The quantitative estimate of drug-likeness (QED) is 0.615. The van der Waals surface area contributed by atoms with Crippen LogP contribution in [0.25, 0.3) is 6.08 Å². The number of carbonyl (C=O) groups is 1. The average molecular weight is 283 g/mol. The van der Waals surface area contributed by atoms with Crippen molar-refractivity contribution in [1.82, 2.24) is 0 Å². The van der Waals surface area contributed by atoms with E-state index in [9.17, 15) is 4.79 Å². The molecule has 102 valence electrons. The third-order valence-corrected chi connectivity index (χ3v) is 2.38. The number of carboxylic acid groups (broad SMARTS) is 1. The van der Waals surface area contributed by atoms with Gasteiger partial charge < -0.3 is 14.6 Å². The maximum absolute atomic E-state index is 10.5. The molecule has 0 amide bonds. The Morgan fingerprint density at radius 1 is 1.47 bits per heavy atom. The van der Waals surface area contributed by atoms with E-state index in [-0.39, 0.29) is 0 Å². The number of carboxylic acids is 1. The maximum Gasteiger partial charge on any atom is 0.328 e. The average Bonchev–Trinajstić information content (AvgIpc) is 2.36. The Labute approximate surface area is 116 Å². The Balaban J connectivity index is 3.12. The van der Waals surface area contributed by atoms with Gasteiger partial charge >= 0.3 is 5.97 Å². The van der Waals surface area contributed by atoms with E-state index in [1.807, 2.05) is 6.92 Å². The minimum absolute atomic E-state index is 0.310. The number of benzene rings is 1. The van der Waals surface area contributed by atoms with Gasteiger partial charge in [0.2, 0.25) is 0 Å². The highest BCUT2D eigenvalue weighted by atomic mass is 35.5. The van der Waals surface area contributed by atoms with Crippen LogP contribution >= 0.6 is 11.6 Å². The molecule has 0 saturated heterocycles. The summed E-state index contributed by atoms with van der Waals surface area (Å²) in [4.78, 5) is 10.5. The zero-order valence-electron chi connectivity index (χ0n) is 10.6. The summed E-state index contributed by atoms with van der Waals surface area (Å²) in [7, 11) is 0. The fourth-order valence-corrected chi connectivity index (χ4v) is 1.67. The van der Waals surface area contributed by atoms with E-state index < -0.39 is 5.97 Å². The second kappa shape index (κ2) is 7.48. The lowest BCUT2D eigenvalue weighted by Crippen LogP contribution is -2.00. The lowest BCUT2D eigenvalue weighted by atomic mass is 10.2. The first kappa shape index (κ1) is 15.1. The highest BCUT2D eigenvalue weighted by molar-refractivity contribution is 6.32. The van der Waals surface area contributed by atoms with Crippen LogP contribution in [-0.2, 0) is 4.79 Å². The van der Waals surface area contributed by atoms with Crippen LogP contribution in [-0.4, -0.2) is 24.3 Å². The molecule has 0 unspecified atom stereocenters. The van der Waals surface area contributed by atoms with E-state index in [2.05, 4.69) is 6.58 Å². The van der Waals surface area contributed by atoms with Crippen molar-refractivity contribution in [2.24, 2.45) is 0 Å². The first-order valence-electron chi connectivity index (χ1n) is 5.69. The molecule has 0 aliphatic rings. The van der Waals surface area contributed by atoms with Crippen molar-refractivity contribution in [3.05, 3.63) is 41.4 Å². The van der Waals surface area contributed by atoms with E-state index in [1.165, 1.54) is 6.08 Å². The molecular weight excluding hydrogens is 268 g/mol. The van der Waals surface area contributed by atoms with Crippen LogP contribution in [0, 0.1) is 0 Å². The van der Waals surface area contributed by atoms with Gasteiger partial charge in [0.1, 0.15) is 6.61 Å². The topological polar surface area (TPSA) is 55.8 Å². The minimum Gasteiger partial charge on any atom is -0.490 e. The molecule has 0 atom stereocenters. The largest absolute Gasteiger partial charge is 0.490 e. The molecule has 0 radical (unpaired) electrons. The molecular formula is C14H15ClO4. The van der Waals surface area contributed by atoms with E-state index in [4.69, 9.17) is 26.2 Å². The SMILES string of the molecule is C=CCOc1c(Cl)cc(C=CC(=O)O)cc1OCC. The van der Waals surface area contributed by atoms with Crippen molar-refractivity contribution in [3.63, 3.8) is 0 Å². The highest BCUT2D eigenvalue weighted by Crippen LogP contribution is 2.37. The van der Waals surface area contributed by atoms with E-state index in [0.29, 0.717) is 35.3 Å². The zero-order chi connectivity index (χ0) is 14.3. The maximum atomic E-state index is 10.5. The Kier molecular flexibility index (Phi) is 5.96. The zero-order valence-corrected chi connectivity index (χ0v) is 11.3. The number of halogens is 1. The summed E-state index contributed by atoms with van der Waals surface area (Å²) in [5.74, 6) is -0.126. The van der Waals surface area contributed by atoms with Gasteiger partial charge in [-0.1, -0.05) is 24.3 Å². The standard InChI is InChI=1S/C14H15ClO4/c1-3-7-19-14-11(15)8-10(5-6-13(16)17)9-12(14)18-4-2/h3,5-6,8-9H,1,4,7H2,2H3,(H,16,17). The predicted octanol–water partition coefficient (Wildman–Crippen LogP) is 3.40. The molecule has 1 aromatic carbocycles. The van der Waals surface area contributed by atoms with Crippen molar-refractivity contribution < 1.29 is 19.4 Å². The Morgan fingerprint density at radius 3 is 2.79 bits per heavy atom. The van der Waals surface area contributed by atoms with Gasteiger partial charge in [-0.2, -0.15) is 0 Å². The van der Waals surface area contributed by atoms with Gasteiger partial charge in [-0.15, -0.1) is 0 Å². The summed E-state index contributed by atoms with van der Waals surface area (Å²) in [6, 6.07) is 3.29. The molecule has 4 nitrogen and oxygen atoms in total. The fourth-order valence-electron chi connectivity index (χ4n) is 1.40. The van der Waals surface area contributed by atoms with E-state index >= 15 is 0 Å². The summed E-state index contributed by atoms with van der Waals surface area (Å²) >= 11 is 6.10. The van der Waals surface area contributed by atoms with Crippen molar-refractivity contribution in [3.8, 4) is 11.5 Å². The van der Waals surface area contributed by atoms with Gasteiger partial charge in [0, 0.05) is 6.08 Å². The minimum atomic E-state index is -1.03. The van der Waals surface area contributed by atoms with Gasteiger partial charge in [-0.25, -0.2) is 4.79 Å². The van der Waals surface area contributed by atoms with Gasteiger partial charge in [-0.05, 0) is 30.7 Å². The summed E-state index contributed by atoms with van der Waals surface area (Å²) in [6.45, 7) is 6.16. The number of aliphatic carboxylic acids is 1. The molecule has 1 rings (SSSR count). The van der Waals surface area contributed by atoms with Crippen LogP contribution in [0.1, 0.15) is 12.5 Å². The van der Waals surface area contributed by atoms with Crippen LogP contribution in [0.2, 0.25) is 5.02 Å². The first-order chi connectivity index (χ1) is 9.08. The van der Waals surface area contributed by atoms with Crippen molar-refractivity contribution in [1.29, 1.82) is 0 Å². The van der Waals surface area contributed by atoms with Crippen molar-refractivity contribution in [2.75, 3.05) is 13.2 Å². The molecule has 0 aliphatic carbocycles. The smallest absolute Gasteiger partial charge is 0.328 e. The molecule has 0 aromatic heterocycles.